The zero-order valence-corrected chi connectivity index (χ0v) is 17.4. The van der Waals surface area contributed by atoms with E-state index in [1.165, 1.54) is 17.6 Å². The topological polar surface area (TPSA) is 126 Å². The second kappa shape index (κ2) is 9.51. The molecule has 0 aliphatic carbocycles. The van der Waals surface area contributed by atoms with Crippen LogP contribution in [0.5, 0.6) is 17.2 Å². The largest absolute Gasteiger partial charge is 0.508 e. The predicted octanol–water partition coefficient (Wildman–Crippen LogP) is 3.87. The molecule has 2 amide bonds. The van der Waals surface area contributed by atoms with Crippen molar-refractivity contribution in [2.24, 2.45) is 5.92 Å². The van der Waals surface area contributed by atoms with Gasteiger partial charge in [-0.3, -0.25) is 15.3 Å². The highest BCUT2D eigenvalue weighted by molar-refractivity contribution is 9.10. The Balaban J connectivity index is 1.80. The average Bonchev–Trinajstić information content (AvgIpc) is 3.19. The van der Waals surface area contributed by atoms with Gasteiger partial charge in [-0.25, -0.2) is 10.3 Å². The Hall–Kier alpha value is -3.24. The molecular formula is C20H19BrN2O7. The first-order valence-electron chi connectivity index (χ1n) is 8.85. The van der Waals surface area contributed by atoms with Gasteiger partial charge < -0.3 is 19.3 Å². The molecule has 0 fully saturated rings. The molecule has 0 aromatic heterocycles. The number of carbonyl (C=O) groups is 2. The summed E-state index contributed by atoms with van der Waals surface area (Å²) in [4.78, 5) is 23.9. The molecule has 1 aliphatic heterocycles. The molecule has 158 valence electrons. The third-order valence-electron chi connectivity index (χ3n) is 4.29. The molecule has 10 heteroatoms. The number of aromatic hydroxyl groups is 1. The van der Waals surface area contributed by atoms with Crippen molar-refractivity contribution < 1.29 is 34.1 Å². The van der Waals surface area contributed by atoms with Gasteiger partial charge in [-0.2, -0.15) is 0 Å². The minimum atomic E-state index is -0.931. The minimum Gasteiger partial charge on any atom is -0.508 e. The number of hydrogen-bond acceptors (Lipinski definition) is 7. The molecule has 4 N–H and O–H groups in total. The molecule has 9 nitrogen and oxygen atoms in total. The Morgan fingerprint density at radius 3 is 2.73 bits per heavy atom. The van der Waals surface area contributed by atoms with Gasteiger partial charge in [0.25, 0.3) is 5.91 Å². The lowest BCUT2D eigenvalue weighted by Crippen LogP contribution is -2.22. The van der Waals surface area contributed by atoms with Crippen LogP contribution in [-0.4, -0.2) is 29.1 Å². The number of hydrogen-bond donors (Lipinski definition) is 4. The van der Waals surface area contributed by atoms with Crippen LogP contribution in [-0.2, 0) is 9.53 Å². The third-order valence-corrected chi connectivity index (χ3v) is 4.78. The third kappa shape index (κ3) is 5.22. The van der Waals surface area contributed by atoms with Gasteiger partial charge in [-0.1, -0.05) is 28.9 Å². The van der Waals surface area contributed by atoms with Crippen molar-refractivity contribution in [3.63, 3.8) is 0 Å². The number of phenolic OH excluding ortho intramolecular Hbond substituents is 1. The average molecular weight is 479 g/mol. The second-order valence-electron chi connectivity index (χ2n) is 6.42. The smallest absolute Gasteiger partial charge is 0.412 e. The van der Waals surface area contributed by atoms with Crippen molar-refractivity contribution in [2.75, 3.05) is 12.1 Å². The minimum absolute atomic E-state index is 0.0778. The summed E-state index contributed by atoms with van der Waals surface area (Å²) in [5.41, 5.74) is 2.26. The molecule has 2 aromatic rings. The fourth-order valence-corrected chi connectivity index (χ4v) is 3.20. The quantitative estimate of drug-likeness (QED) is 0.282. The van der Waals surface area contributed by atoms with Gasteiger partial charge in [-0.15, -0.1) is 0 Å². The van der Waals surface area contributed by atoms with Gasteiger partial charge in [-0.05, 0) is 30.3 Å². The number of carbonyl (C=O) groups excluding carboxylic acids is 2. The predicted molar refractivity (Wildman–Crippen MR) is 109 cm³/mol. The van der Waals surface area contributed by atoms with Crippen LogP contribution in [0.25, 0.3) is 0 Å². The molecule has 30 heavy (non-hydrogen) atoms. The summed E-state index contributed by atoms with van der Waals surface area (Å²) in [5.74, 6) is -0.258. The summed E-state index contributed by atoms with van der Waals surface area (Å²) in [5, 5.41) is 21.5. The summed E-state index contributed by atoms with van der Waals surface area (Å²) in [7, 11) is 0. The normalized spacial score (nSPS) is 14.2. The highest BCUT2D eigenvalue weighted by atomic mass is 79.9. The Bertz CT molecular complexity index is 980. The van der Waals surface area contributed by atoms with E-state index in [0.717, 1.165) is 6.08 Å². The van der Waals surface area contributed by atoms with Gasteiger partial charge in [0.05, 0.1) is 0 Å². The number of rotatable bonds is 6. The number of hydroxylamine groups is 1. The summed E-state index contributed by atoms with van der Waals surface area (Å²) in [6.07, 6.45) is 0.848. The second-order valence-corrected chi connectivity index (χ2v) is 7.33. The maximum atomic E-state index is 12.5. The number of ether oxygens (including phenoxy) is 3. The number of halogens is 1. The Morgan fingerprint density at radius 2 is 1.97 bits per heavy atom. The van der Waals surface area contributed by atoms with E-state index in [9.17, 15) is 14.7 Å². The van der Waals surface area contributed by atoms with E-state index in [2.05, 4.69) is 21.2 Å². The van der Waals surface area contributed by atoms with Crippen LogP contribution in [0, 0.1) is 5.92 Å². The first-order chi connectivity index (χ1) is 14.4. The van der Waals surface area contributed by atoms with Crippen LogP contribution in [0.15, 0.2) is 53.0 Å². The molecule has 3 rings (SSSR count). The van der Waals surface area contributed by atoms with Gasteiger partial charge in [0.2, 0.25) is 6.79 Å². The van der Waals surface area contributed by atoms with Crippen molar-refractivity contribution in [3.05, 3.63) is 58.6 Å². The molecule has 0 saturated carbocycles. The summed E-state index contributed by atoms with van der Waals surface area (Å²) in [6, 6.07) is 9.61. The summed E-state index contributed by atoms with van der Waals surface area (Å²) in [6.45, 7) is 1.80. The maximum absolute atomic E-state index is 12.5. The number of anilines is 1. The summed E-state index contributed by atoms with van der Waals surface area (Å²) >= 11 is 3.33. The first-order valence-corrected chi connectivity index (χ1v) is 9.64. The highest BCUT2D eigenvalue weighted by Gasteiger charge is 2.26. The van der Waals surface area contributed by atoms with Gasteiger partial charge in [0.1, 0.15) is 11.9 Å². The van der Waals surface area contributed by atoms with Crippen LogP contribution in [0.4, 0.5) is 10.5 Å². The molecule has 0 bridgehead atoms. The monoisotopic (exact) mass is 478 g/mol. The highest BCUT2D eigenvalue weighted by Crippen LogP contribution is 2.37. The van der Waals surface area contributed by atoms with Crippen molar-refractivity contribution in [3.8, 4) is 17.2 Å². The van der Waals surface area contributed by atoms with E-state index < -0.39 is 24.0 Å². The van der Waals surface area contributed by atoms with Crippen molar-refractivity contribution in [2.45, 2.75) is 13.0 Å². The molecule has 0 unspecified atom stereocenters. The number of phenols is 1. The Labute approximate surface area is 180 Å². The fourth-order valence-electron chi connectivity index (χ4n) is 2.82. The van der Waals surface area contributed by atoms with E-state index in [-0.39, 0.29) is 12.5 Å². The number of fused-ring (bicyclic) bond motifs is 1. The van der Waals surface area contributed by atoms with Crippen LogP contribution in [0.3, 0.4) is 0 Å². The standard InChI is InChI=1S/C20H19BrN2O7/c1-11(2-7-18(25)23-27)19(14-8-12(21)3-5-15(14)24)30-20(26)22-13-4-6-16-17(9-13)29-10-28-16/h2-9,11,19,24,27H,10H2,1H3,(H,22,26)(H,23,25)/b7-2+/t11-,19+/m0/s1. The van der Waals surface area contributed by atoms with Crippen molar-refractivity contribution in [1.82, 2.24) is 5.48 Å². The lowest BCUT2D eigenvalue weighted by molar-refractivity contribution is -0.124. The Morgan fingerprint density at radius 1 is 1.20 bits per heavy atom. The van der Waals surface area contributed by atoms with Crippen molar-refractivity contribution in [1.29, 1.82) is 0 Å². The van der Waals surface area contributed by atoms with E-state index in [1.807, 2.05) is 0 Å². The molecule has 2 aromatic carbocycles. The van der Waals surface area contributed by atoms with E-state index in [0.29, 0.717) is 27.2 Å². The van der Waals surface area contributed by atoms with E-state index >= 15 is 0 Å². The fraction of sp³-hybridized carbons (Fsp3) is 0.200. The van der Waals surface area contributed by atoms with Crippen molar-refractivity contribution >= 4 is 33.6 Å². The zero-order valence-electron chi connectivity index (χ0n) is 15.8. The molecule has 2 atom stereocenters. The summed E-state index contributed by atoms with van der Waals surface area (Å²) < 4.78 is 16.8. The van der Waals surface area contributed by atoms with Crippen LogP contribution in [0.1, 0.15) is 18.6 Å². The number of amides is 2. The maximum Gasteiger partial charge on any atom is 0.412 e. The van der Waals surface area contributed by atoms with E-state index in [1.54, 1.807) is 37.3 Å². The number of benzene rings is 2. The molecule has 0 spiro atoms. The molecule has 1 aliphatic rings. The lowest BCUT2D eigenvalue weighted by atomic mass is 9.96. The molecule has 1 heterocycles. The van der Waals surface area contributed by atoms with Crippen LogP contribution < -0.4 is 20.3 Å². The van der Waals surface area contributed by atoms with Crippen LogP contribution >= 0.6 is 15.9 Å². The first kappa shape index (κ1) is 21.5. The van der Waals surface area contributed by atoms with Gasteiger partial charge in [0.15, 0.2) is 11.5 Å². The lowest BCUT2D eigenvalue weighted by Gasteiger charge is -2.23. The molecule has 0 radical (unpaired) electrons. The zero-order chi connectivity index (χ0) is 21.7. The van der Waals surface area contributed by atoms with Crippen LogP contribution in [0.2, 0.25) is 0 Å². The van der Waals surface area contributed by atoms with E-state index in [4.69, 9.17) is 19.4 Å². The van der Waals surface area contributed by atoms with Gasteiger partial charge >= 0.3 is 6.09 Å². The molecular weight excluding hydrogens is 460 g/mol. The SMILES string of the molecule is C[C@@H](/C=C/C(=O)NO)[C@@H](OC(=O)Nc1ccc2c(c1)OCO2)c1cc(Br)ccc1O. The number of nitrogens with one attached hydrogen (secondary N) is 2. The Kier molecular flexibility index (Phi) is 6.80. The molecule has 0 saturated heterocycles. The van der Waals surface area contributed by atoms with Gasteiger partial charge in [0, 0.05) is 33.8 Å².